The quantitative estimate of drug-likeness (QED) is 0.168. The van der Waals surface area contributed by atoms with Gasteiger partial charge in [-0.25, -0.2) is 22.9 Å². The molecule has 9 rings (SSSR count). The van der Waals surface area contributed by atoms with Crippen molar-refractivity contribution >= 4 is 55.5 Å². The number of carbonyl (C=O) groups is 2. The highest BCUT2D eigenvalue weighted by molar-refractivity contribution is 7.90. The molecule has 0 unspecified atom stereocenters. The van der Waals surface area contributed by atoms with Crippen LogP contribution in [-0.4, -0.2) is 100 Å². The number of hydrogen-bond acceptors (Lipinski definition) is 11. The molecule has 3 saturated heterocycles. The van der Waals surface area contributed by atoms with Gasteiger partial charge in [-0.3, -0.25) is 33.8 Å². The first-order chi connectivity index (χ1) is 31.1. The van der Waals surface area contributed by atoms with E-state index < -0.39 is 67.5 Å². The first-order valence-corrected chi connectivity index (χ1v) is 23.0. The van der Waals surface area contributed by atoms with E-state index >= 15 is 13.2 Å². The number of urea groups is 1. The molecule has 2 aromatic heterocycles. The Balaban J connectivity index is 0.847. The van der Waals surface area contributed by atoms with Gasteiger partial charge in [0.25, 0.3) is 5.56 Å². The van der Waals surface area contributed by atoms with Gasteiger partial charge in [-0.15, -0.1) is 0 Å². The predicted octanol–water partition coefficient (Wildman–Crippen LogP) is 5.94. The summed E-state index contributed by atoms with van der Waals surface area (Å²) >= 11 is 0. The minimum Gasteiger partial charge on any atom is -0.450 e. The SMILES string of the molecule is CCN(C)S(=O)(=O)Nc1ccc(F)c(Oc2ccc3ncn([C@@H]4COC5(CCN(C6CCC(c7cc8c(cc7F)c(N7CCC(=O)NC7=O)nn8C)CC6)CC5)C4)c(=O)c3c2F)c1C#N. The fourth-order valence-electron chi connectivity index (χ4n) is 9.80. The number of aromatic nitrogens is 4. The van der Waals surface area contributed by atoms with Crippen LogP contribution in [0.4, 0.5) is 29.5 Å². The summed E-state index contributed by atoms with van der Waals surface area (Å²) in [5.74, 6) is -3.82. The number of piperidine rings is 1. The standard InChI is InChI=1S/C44H47F3N10O7S/c1-4-53(2)65(61,62)52-33-10-9-31(45)40(30(33)22-48)64-36-12-11-34-38(39(36)47)42(59)57(24-49-34)27-21-44(63-23-27)14-17-55(18-15-44)26-7-5-25(6-8-26)28-20-35-29(19-32(28)46)41(51-54(35)3)56-16-13-37(58)50-43(56)60/h9-12,19-20,24-27,52H,4-8,13-18,21,23H2,1-3H3,(H,50,58,60)/t25?,26?,27-/m0/s1. The number of rotatable bonds is 10. The average Bonchev–Trinajstić information content (AvgIpc) is 3.84. The van der Waals surface area contributed by atoms with Crippen molar-refractivity contribution in [2.24, 2.45) is 7.05 Å². The highest BCUT2D eigenvalue weighted by Gasteiger charge is 2.45. The summed E-state index contributed by atoms with van der Waals surface area (Å²) in [7, 11) is -1.03. The second kappa shape index (κ2) is 17.0. The first kappa shape index (κ1) is 44.1. The van der Waals surface area contributed by atoms with E-state index in [1.54, 1.807) is 24.7 Å². The number of imide groups is 1. The first-order valence-electron chi connectivity index (χ1n) is 21.6. The molecule has 0 radical (unpaired) electrons. The number of benzene rings is 3. The van der Waals surface area contributed by atoms with Crippen LogP contribution in [0.3, 0.4) is 0 Å². The largest absolute Gasteiger partial charge is 0.450 e. The average molecular weight is 917 g/mol. The summed E-state index contributed by atoms with van der Waals surface area (Å²) in [5.41, 5.74) is -0.607. The van der Waals surface area contributed by atoms with Crippen molar-refractivity contribution in [1.82, 2.24) is 33.9 Å². The number of nitrogens with zero attached hydrogens (tertiary/aromatic N) is 8. The van der Waals surface area contributed by atoms with E-state index in [1.165, 1.54) is 35.0 Å². The number of fused-ring (bicyclic) bond motifs is 2. The van der Waals surface area contributed by atoms with Gasteiger partial charge in [-0.05, 0) is 92.8 Å². The van der Waals surface area contributed by atoms with Gasteiger partial charge in [-0.1, -0.05) is 6.92 Å². The van der Waals surface area contributed by atoms with Gasteiger partial charge in [0.1, 0.15) is 22.8 Å². The van der Waals surface area contributed by atoms with Crippen LogP contribution in [-0.2, 0) is 26.8 Å². The molecule has 4 fully saturated rings. The molecule has 17 nitrogen and oxygen atoms in total. The third kappa shape index (κ3) is 8.06. The van der Waals surface area contributed by atoms with Crippen LogP contribution in [0.15, 0.2) is 47.5 Å². The molecule has 1 aliphatic carbocycles. The zero-order valence-corrected chi connectivity index (χ0v) is 36.8. The van der Waals surface area contributed by atoms with Crippen LogP contribution < -0.4 is 25.2 Å². The van der Waals surface area contributed by atoms with Crippen molar-refractivity contribution in [3.05, 3.63) is 81.7 Å². The number of anilines is 2. The summed E-state index contributed by atoms with van der Waals surface area (Å²) < 4.78 is 90.8. The van der Waals surface area contributed by atoms with Crippen molar-refractivity contribution in [1.29, 1.82) is 5.26 Å². The number of hydrogen-bond donors (Lipinski definition) is 2. The molecule has 4 aliphatic rings. The Kier molecular flexibility index (Phi) is 11.6. The topological polar surface area (TPSA) is 197 Å². The predicted molar refractivity (Wildman–Crippen MR) is 232 cm³/mol. The fourth-order valence-corrected chi connectivity index (χ4v) is 10.7. The van der Waals surface area contributed by atoms with Crippen molar-refractivity contribution in [3.8, 4) is 17.6 Å². The Morgan fingerprint density at radius 1 is 1.03 bits per heavy atom. The Bertz CT molecular complexity index is 2960. The number of halogens is 3. The van der Waals surface area contributed by atoms with Gasteiger partial charge < -0.3 is 14.4 Å². The number of ether oxygens (including phenoxy) is 2. The fraction of sp³-hybridized carbons (Fsp3) is 0.455. The van der Waals surface area contributed by atoms with Gasteiger partial charge >= 0.3 is 16.2 Å². The second-order valence-electron chi connectivity index (χ2n) is 17.2. The van der Waals surface area contributed by atoms with Gasteiger partial charge in [0.15, 0.2) is 29.0 Å². The maximum Gasteiger partial charge on any atom is 0.329 e. The second-order valence-corrected chi connectivity index (χ2v) is 19.0. The Morgan fingerprint density at radius 2 is 1.78 bits per heavy atom. The molecule has 21 heteroatoms. The van der Waals surface area contributed by atoms with Crippen LogP contribution in [0.5, 0.6) is 11.5 Å². The van der Waals surface area contributed by atoms with Crippen LogP contribution in [0.2, 0.25) is 0 Å². The molecule has 3 aliphatic heterocycles. The molecule has 3 amide bonds. The minimum atomic E-state index is -4.11. The number of amides is 3. The zero-order chi connectivity index (χ0) is 45.9. The normalized spacial score (nSPS) is 21.6. The number of aryl methyl sites for hydroxylation is 1. The lowest BCUT2D eigenvalue weighted by Gasteiger charge is -2.44. The molecule has 5 aromatic rings. The highest BCUT2D eigenvalue weighted by Crippen LogP contribution is 2.44. The van der Waals surface area contributed by atoms with Crippen molar-refractivity contribution in [2.75, 3.05) is 49.5 Å². The van der Waals surface area contributed by atoms with Crippen molar-refractivity contribution in [2.45, 2.75) is 81.9 Å². The van der Waals surface area contributed by atoms with E-state index in [1.807, 2.05) is 6.07 Å². The van der Waals surface area contributed by atoms with E-state index in [0.29, 0.717) is 34.7 Å². The maximum absolute atomic E-state index is 16.3. The van der Waals surface area contributed by atoms with Gasteiger partial charge in [0.2, 0.25) is 5.91 Å². The Morgan fingerprint density at radius 3 is 2.49 bits per heavy atom. The van der Waals surface area contributed by atoms with Crippen molar-refractivity contribution < 1.29 is 40.7 Å². The molecular formula is C44H47F3N10O7S. The highest BCUT2D eigenvalue weighted by atomic mass is 32.2. The molecule has 1 atom stereocenters. The lowest BCUT2D eigenvalue weighted by Crippen LogP contribution is -2.49. The van der Waals surface area contributed by atoms with E-state index in [4.69, 9.17) is 9.47 Å². The summed E-state index contributed by atoms with van der Waals surface area (Å²) in [6, 6.07) is 8.77. The Labute approximate surface area is 371 Å². The van der Waals surface area contributed by atoms with E-state index in [2.05, 4.69) is 25.0 Å². The summed E-state index contributed by atoms with van der Waals surface area (Å²) in [6.45, 7) is 3.64. The lowest BCUT2D eigenvalue weighted by molar-refractivity contribution is -0.120. The molecule has 5 heterocycles. The summed E-state index contributed by atoms with van der Waals surface area (Å²) in [5, 5.41) is 16.8. The molecular weight excluding hydrogens is 870 g/mol. The molecule has 3 aromatic carbocycles. The number of nitrogens with one attached hydrogen (secondary N) is 2. The number of carbonyl (C=O) groups excluding carboxylic acids is 2. The van der Waals surface area contributed by atoms with Gasteiger partial charge in [0, 0.05) is 58.1 Å². The van der Waals surface area contributed by atoms with Crippen LogP contribution in [0.1, 0.15) is 81.4 Å². The third-order valence-electron chi connectivity index (χ3n) is 13.6. The molecule has 1 saturated carbocycles. The Hall–Kier alpha value is -6.08. The van der Waals surface area contributed by atoms with E-state index in [-0.39, 0.29) is 55.0 Å². The molecule has 1 spiro atoms. The maximum atomic E-state index is 16.3. The van der Waals surface area contributed by atoms with Crippen LogP contribution in [0.25, 0.3) is 21.8 Å². The molecule has 65 heavy (non-hydrogen) atoms. The smallest absolute Gasteiger partial charge is 0.329 e. The van der Waals surface area contributed by atoms with Crippen LogP contribution in [0, 0.1) is 28.8 Å². The molecule has 342 valence electrons. The number of likely N-dealkylation sites (tertiary alicyclic amines) is 1. The molecule has 0 bridgehead atoms. The third-order valence-corrected chi connectivity index (χ3v) is 15.1. The minimum absolute atomic E-state index is 0.0185. The van der Waals surface area contributed by atoms with Gasteiger partial charge in [0.05, 0.1) is 41.3 Å². The summed E-state index contributed by atoms with van der Waals surface area (Å²) in [6.07, 6.45) is 6.83. The monoisotopic (exact) mass is 916 g/mol. The van der Waals surface area contributed by atoms with Gasteiger partial charge in [-0.2, -0.15) is 23.1 Å². The molecule has 2 N–H and O–H groups in total. The lowest BCUT2D eigenvalue weighted by atomic mass is 9.79. The van der Waals surface area contributed by atoms with E-state index in [0.717, 1.165) is 74.1 Å². The summed E-state index contributed by atoms with van der Waals surface area (Å²) in [4.78, 5) is 46.4. The number of nitriles is 1. The van der Waals surface area contributed by atoms with Crippen LogP contribution >= 0.6 is 0 Å². The van der Waals surface area contributed by atoms with E-state index in [9.17, 15) is 28.1 Å². The zero-order valence-electron chi connectivity index (χ0n) is 35.9. The van der Waals surface area contributed by atoms with Crippen molar-refractivity contribution in [3.63, 3.8) is 0 Å².